The predicted octanol–water partition coefficient (Wildman–Crippen LogP) is 5.49. The molecule has 2 aromatic carbocycles. The molecule has 0 bridgehead atoms. The fourth-order valence-corrected chi connectivity index (χ4v) is 2.70. The van der Waals surface area contributed by atoms with Gasteiger partial charge in [0.25, 0.3) is 0 Å². The van der Waals surface area contributed by atoms with Gasteiger partial charge in [0.2, 0.25) is 5.91 Å². The predicted molar refractivity (Wildman–Crippen MR) is 105 cm³/mol. The number of hydrogen-bond donors (Lipinski definition) is 1. The van der Waals surface area contributed by atoms with Gasteiger partial charge in [-0.15, -0.1) is 0 Å². The number of halogens is 1. The van der Waals surface area contributed by atoms with E-state index in [9.17, 15) is 4.79 Å². The molecule has 0 heterocycles. The van der Waals surface area contributed by atoms with Crippen molar-refractivity contribution in [3.63, 3.8) is 0 Å². The van der Waals surface area contributed by atoms with E-state index in [1.165, 1.54) is 0 Å². The van der Waals surface area contributed by atoms with Gasteiger partial charge in [-0.05, 0) is 72.9 Å². The second-order valence-corrected chi connectivity index (χ2v) is 5.87. The zero-order valence-corrected chi connectivity index (χ0v) is 16.0. The Labute approximate surface area is 154 Å². The maximum Gasteiger partial charge on any atom is 0.244 e. The van der Waals surface area contributed by atoms with Crippen LogP contribution >= 0.6 is 11.6 Å². The molecule has 0 aliphatic carbocycles. The van der Waals surface area contributed by atoms with E-state index >= 15 is 0 Å². The number of nitriles is 1. The first kappa shape index (κ1) is 20.5. The molecule has 0 saturated carbocycles. The highest BCUT2D eigenvalue weighted by molar-refractivity contribution is 6.31. The van der Waals surface area contributed by atoms with Gasteiger partial charge in [-0.25, -0.2) is 0 Å². The minimum Gasteiger partial charge on any atom is -0.366 e. The normalized spacial score (nSPS) is 10.9. The Balaban J connectivity index is 0.00000151. The maximum atomic E-state index is 11.4. The van der Waals surface area contributed by atoms with Crippen molar-refractivity contribution in [3.05, 3.63) is 63.7 Å². The number of allylic oxidation sites excluding steroid dienone is 1. The van der Waals surface area contributed by atoms with Gasteiger partial charge in [-0.1, -0.05) is 37.6 Å². The first-order chi connectivity index (χ1) is 11.8. The van der Waals surface area contributed by atoms with Crippen molar-refractivity contribution in [3.8, 4) is 17.2 Å². The lowest BCUT2D eigenvalue weighted by molar-refractivity contribution is -0.114. The molecule has 3 nitrogen and oxygen atoms in total. The van der Waals surface area contributed by atoms with Crippen molar-refractivity contribution in [2.75, 3.05) is 0 Å². The van der Waals surface area contributed by atoms with E-state index in [1.807, 2.05) is 52.0 Å². The molecule has 130 valence electrons. The van der Waals surface area contributed by atoms with Gasteiger partial charge in [-0.2, -0.15) is 5.26 Å². The van der Waals surface area contributed by atoms with Crippen LogP contribution in [0.4, 0.5) is 0 Å². The summed E-state index contributed by atoms with van der Waals surface area (Å²) in [5.74, 6) is -0.443. The quantitative estimate of drug-likeness (QED) is 0.740. The van der Waals surface area contributed by atoms with Gasteiger partial charge in [0, 0.05) is 10.6 Å². The molecule has 0 aromatic heterocycles. The summed E-state index contributed by atoms with van der Waals surface area (Å²) in [6.07, 6.45) is 0. The van der Waals surface area contributed by atoms with E-state index in [4.69, 9.17) is 22.6 Å². The van der Waals surface area contributed by atoms with Crippen LogP contribution in [0.3, 0.4) is 0 Å². The number of rotatable bonds is 3. The molecule has 0 unspecified atom stereocenters. The zero-order valence-electron chi connectivity index (χ0n) is 15.3. The van der Waals surface area contributed by atoms with Gasteiger partial charge in [-0.3, -0.25) is 4.79 Å². The Morgan fingerprint density at radius 2 is 1.68 bits per heavy atom. The van der Waals surface area contributed by atoms with Crippen molar-refractivity contribution in [2.45, 2.75) is 34.6 Å². The molecule has 0 fully saturated rings. The fourth-order valence-electron chi connectivity index (χ4n) is 2.48. The molecule has 0 atom stereocenters. The second-order valence-electron chi connectivity index (χ2n) is 5.43. The average molecular weight is 355 g/mol. The molecule has 25 heavy (non-hydrogen) atoms. The summed E-state index contributed by atoms with van der Waals surface area (Å²) in [4.78, 5) is 11.4. The molecule has 0 spiro atoms. The van der Waals surface area contributed by atoms with Crippen LogP contribution in [-0.2, 0) is 4.79 Å². The lowest BCUT2D eigenvalue weighted by atomic mass is 9.91. The van der Waals surface area contributed by atoms with E-state index in [2.05, 4.69) is 6.07 Å². The molecule has 2 rings (SSSR count). The van der Waals surface area contributed by atoms with Crippen molar-refractivity contribution in [1.82, 2.24) is 0 Å². The highest BCUT2D eigenvalue weighted by Gasteiger charge is 2.13. The zero-order chi connectivity index (χ0) is 19.1. The summed E-state index contributed by atoms with van der Waals surface area (Å²) in [6, 6.07) is 13.1. The average Bonchev–Trinajstić information content (AvgIpc) is 2.63. The van der Waals surface area contributed by atoms with Crippen LogP contribution in [0.15, 0.2) is 42.0 Å². The van der Waals surface area contributed by atoms with E-state index in [0.29, 0.717) is 16.2 Å². The van der Waals surface area contributed by atoms with Crippen molar-refractivity contribution in [1.29, 1.82) is 5.26 Å². The lowest BCUT2D eigenvalue weighted by Gasteiger charge is -2.15. The minimum absolute atomic E-state index is 0.443. The Morgan fingerprint density at radius 1 is 1.12 bits per heavy atom. The van der Waals surface area contributed by atoms with Gasteiger partial charge >= 0.3 is 0 Å². The van der Waals surface area contributed by atoms with E-state index < -0.39 is 5.91 Å². The Bertz CT molecular complexity index is 843. The molecule has 0 aliphatic heterocycles. The van der Waals surface area contributed by atoms with Gasteiger partial charge in [0.15, 0.2) is 0 Å². The number of primary amides is 1. The Kier molecular flexibility index (Phi) is 7.42. The summed E-state index contributed by atoms with van der Waals surface area (Å²) in [6.45, 7) is 9.55. The first-order valence-corrected chi connectivity index (χ1v) is 8.51. The monoisotopic (exact) mass is 354 g/mol. The molecule has 4 heteroatoms. The number of carbonyl (C=O) groups is 1. The highest BCUT2D eigenvalue weighted by Crippen LogP contribution is 2.33. The van der Waals surface area contributed by atoms with Gasteiger partial charge in [0.1, 0.15) is 0 Å². The largest absolute Gasteiger partial charge is 0.366 e. The number of amides is 1. The summed E-state index contributed by atoms with van der Waals surface area (Å²) >= 11 is 6.27. The Morgan fingerprint density at radius 3 is 2.16 bits per heavy atom. The maximum absolute atomic E-state index is 11.4. The molecule has 0 radical (unpaired) electrons. The number of benzene rings is 2. The number of nitrogens with two attached hydrogens (primary N) is 1. The second kappa shape index (κ2) is 9.05. The van der Waals surface area contributed by atoms with Crippen LogP contribution in [-0.4, -0.2) is 5.91 Å². The Hall–Kier alpha value is -2.57. The molecule has 0 aliphatic rings. The lowest BCUT2D eigenvalue weighted by Crippen LogP contribution is -2.13. The minimum atomic E-state index is -0.443. The first-order valence-electron chi connectivity index (χ1n) is 8.13. The third-order valence-electron chi connectivity index (χ3n) is 4.03. The van der Waals surface area contributed by atoms with Crippen LogP contribution in [0.25, 0.3) is 16.7 Å². The van der Waals surface area contributed by atoms with Crippen molar-refractivity contribution >= 4 is 23.1 Å². The highest BCUT2D eigenvalue weighted by atomic mass is 35.5. The summed E-state index contributed by atoms with van der Waals surface area (Å²) in [5, 5.41) is 9.49. The molecular weight excluding hydrogens is 332 g/mol. The van der Waals surface area contributed by atoms with Crippen LogP contribution in [0, 0.1) is 18.3 Å². The molecule has 2 N–H and O–H groups in total. The van der Waals surface area contributed by atoms with E-state index in [-0.39, 0.29) is 0 Å². The van der Waals surface area contributed by atoms with Gasteiger partial charge in [0.05, 0.1) is 11.6 Å². The smallest absolute Gasteiger partial charge is 0.244 e. The SMILES string of the molecule is C/C(C(N)=O)=C(/C)c1cc(Cl)cc(-c2ccc(C#N)cc2)c1C.CC. The van der Waals surface area contributed by atoms with Crippen LogP contribution < -0.4 is 5.73 Å². The molecular formula is C21H23ClN2O. The van der Waals surface area contributed by atoms with Gasteiger partial charge < -0.3 is 5.73 Å². The number of nitrogens with zero attached hydrogens (tertiary/aromatic N) is 1. The summed E-state index contributed by atoms with van der Waals surface area (Å²) < 4.78 is 0. The molecule has 0 saturated heterocycles. The van der Waals surface area contributed by atoms with Crippen molar-refractivity contribution in [2.24, 2.45) is 5.73 Å². The third kappa shape index (κ3) is 4.71. The summed E-state index contributed by atoms with van der Waals surface area (Å²) in [5.41, 5.74) is 11.2. The van der Waals surface area contributed by atoms with Crippen LogP contribution in [0.5, 0.6) is 0 Å². The van der Waals surface area contributed by atoms with E-state index in [0.717, 1.165) is 27.8 Å². The van der Waals surface area contributed by atoms with Crippen LogP contribution in [0.2, 0.25) is 5.02 Å². The number of hydrogen-bond acceptors (Lipinski definition) is 2. The van der Waals surface area contributed by atoms with E-state index in [1.54, 1.807) is 19.1 Å². The fraction of sp³-hybridized carbons (Fsp3) is 0.238. The number of carbonyl (C=O) groups excluding carboxylic acids is 1. The third-order valence-corrected chi connectivity index (χ3v) is 4.25. The summed E-state index contributed by atoms with van der Waals surface area (Å²) in [7, 11) is 0. The molecule has 1 amide bonds. The topological polar surface area (TPSA) is 66.9 Å². The van der Waals surface area contributed by atoms with Crippen LogP contribution in [0.1, 0.15) is 44.4 Å². The van der Waals surface area contributed by atoms with Crippen molar-refractivity contribution < 1.29 is 4.79 Å². The molecule has 2 aromatic rings. The standard InChI is InChI=1S/C19H17ClN2O.C2H6/c1-11(12(2)19(22)23)17-8-16(20)9-18(13(17)3)15-6-4-14(10-21)5-7-15;1-2/h4-9H,1-3H3,(H2,22,23);1-2H3/b12-11+;.